The molecule has 204 valence electrons. The third-order valence-corrected chi connectivity index (χ3v) is 9.53. The van der Waals surface area contributed by atoms with Crippen LogP contribution in [0.25, 0.3) is 0 Å². The zero-order valence-electron chi connectivity index (χ0n) is 21.2. The molecule has 4 aliphatic heterocycles. The van der Waals surface area contributed by atoms with Gasteiger partial charge >= 0.3 is 23.9 Å². The Kier molecular flexibility index (Phi) is 5.65. The number of esters is 3. The molecule has 0 aromatic rings. The van der Waals surface area contributed by atoms with Crippen LogP contribution in [-0.4, -0.2) is 84.4 Å². The normalized spacial score (nSPS) is 45.9. The van der Waals surface area contributed by atoms with Crippen LogP contribution < -0.4 is 0 Å². The standard InChI is InChI=1S/C27H30O11/c1-24-9-10-33-19(28)5-3-4-6-20(29)37-16-12-18-27(14-35-27)25(16,2)26(13-34-23(32)21(24)38-24)8-7-15(22(30)31)11-17(26)36-18/h3-6,11,16-18,21H,7-10,12-14H2,1-2H3,(H,30,31)/t16-,17-,18-,21?,24?,25-,26-,27+/m1/s1. The van der Waals surface area contributed by atoms with E-state index in [0.29, 0.717) is 25.9 Å². The molecule has 1 saturated carbocycles. The second-order valence-corrected chi connectivity index (χ2v) is 11.3. The topological polar surface area (TPSA) is 150 Å². The summed E-state index contributed by atoms with van der Waals surface area (Å²) in [7, 11) is 0. The molecule has 1 N–H and O–H groups in total. The maximum Gasteiger partial charge on any atom is 0.338 e. The Hall–Kier alpha value is -3.02. The van der Waals surface area contributed by atoms with E-state index in [2.05, 4.69) is 0 Å². The number of rotatable bonds is 1. The molecule has 11 nitrogen and oxygen atoms in total. The third-order valence-electron chi connectivity index (χ3n) is 9.53. The predicted octanol–water partition coefficient (Wildman–Crippen LogP) is 1.40. The van der Waals surface area contributed by atoms with Crippen molar-refractivity contribution in [1.82, 2.24) is 0 Å². The quantitative estimate of drug-likeness (QED) is 0.298. The lowest BCUT2D eigenvalue weighted by molar-refractivity contribution is -0.233. The number of carbonyl (C=O) groups excluding carboxylic acids is 3. The summed E-state index contributed by atoms with van der Waals surface area (Å²) in [5.41, 5.74) is -3.08. The first-order chi connectivity index (χ1) is 18.0. The molecule has 2 bridgehead atoms. The van der Waals surface area contributed by atoms with E-state index < -0.39 is 70.3 Å². The fourth-order valence-corrected chi connectivity index (χ4v) is 7.02. The molecule has 38 heavy (non-hydrogen) atoms. The fourth-order valence-electron chi connectivity index (χ4n) is 7.02. The van der Waals surface area contributed by atoms with Crippen molar-refractivity contribution in [3.8, 4) is 0 Å². The Balaban J connectivity index is 1.38. The first-order valence-corrected chi connectivity index (χ1v) is 12.8. The molecule has 4 fully saturated rings. The van der Waals surface area contributed by atoms with Crippen molar-refractivity contribution in [1.29, 1.82) is 0 Å². The van der Waals surface area contributed by atoms with Gasteiger partial charge < -0.3 is 33.5 Å². The van der Waals surface area contributed by atoms with Gasteiger partial charge in [-0.15, -0.1) is 0 Å². The first kappa shape index (κ1) is 25.3. The SMILES string of the molecule is CC12CCOC(=O)C=CC=CC(=O)O[C@@H]3C[C@H]4O[C@@H]5C=C(C(=O)O)CC[C@]5(COC(=O)C1O2)[C@]3(C)[C@]41CO1. The third kappa shape index (κ3) is 3.59. The minimum atomic E-state index is -1.02. The molecule has 8 atom stereocenters. The van der Waals surface area contributed by atoms with Gasteiger partial charge in [0.1, 0.15) is 23.9 Å². The number of cyclic esters (lactones) is 2. The largest absolute Gasteiger partial charge is 0.478 e. The van der Waals surface area contributed by atoms with Crippen LogP contribution in [0.4, 0.5) is 0 Å². The predicted molar refractivity (Wildman–Crippen MR) is 125 cm³/mol. The van der Waals surface area contributed by atoms with Crippen LogP contribution in [0.3, 0.4) is 0 Å². The summed E-state index contributed by atoms with van der Waals surface area (Å²) >= 11 is 0. The summed E-state index contributed by atoms with van der Waals surface area (Å²) in [5, 5.41) is 9.68. The van der Waals surface area contributed by atoms with Crippen LogP contribution >= 0.6 is 0 Å². The Labute approximate surface area is 218 Å². The lowest BCUT2D eigenvalue weighted by Gasteiger charge is -2.58. The van der Waals surface area contributed by atoms with Crippen molar-refractivity contribution in [3.05, 3.63) is 36.0 Å². The highest BCUT2D eigenvalue weighted by Gasteiger charge is 2.83. The molecule has 6 rings (SSSR count). The highest BCUT2D eigenvalue weighted by atomic mass is 16.7. The number of allylic oxidation sites excluding steroid dienone is 2. The number of carbonyl (C=O) groups is 4. The molecule has 0 radical (unpaired) electrons. The van der Waals surface area contributed by atoms with Gasteiger partial charge in [-0.3, -0.25) is 0 Å². The minimum Gasteiger partial charge on any atom is -0.478 e. The molecule has 4 heterocycles. The Morgan fingerprint density at radius 3 is 2.45 bits per heavy atom. The van der Waals surface area contributed by atoms with E-state index in [1.165, 1.54) is 24.3 Å². The highest BCUT2D eigenvalue weighted by molar-refractivity contribution is 5.87. The summed E-state index contributed by atoms with van der Waals surface area (Å²) in [5.74, 6) is -2.78. The molecule has 2 unspecified atom stereocenters. The number of fused-ring (bicyclic) bond motifs is 1. The van der Waals surface area contributed by atoms with Crippen LogP contribution in [-0.2, 0) is 47.6 Å². The monoisotopic (exact) mass is 530 g/mol. The molecule has 6 aliphatic rings. The summed E-state index contributed by atoms with van der Waals surface area (Å²) < 4.78 is 35.1. The molecule has 3 saturated heterocycles. The van der Waals surface area contributed by atoms with Crippen molar-refractivity contribution in [2.75, 3.05) is 19.8 Å². The van der Waals surface area contributed by atoms with Crippen LogP contribution in [0.15, 0.2) is 36.0 Å². The van der Waals surface area contributed by atoms with Crippen molar-refractivity contribution < 1.29 is 52.7 Å². The Bertz CT molecular complexity index is 1180. The molecule has 11 heteroatoms. The molecule has 2 spiro atoms. The van der Waals surface area contributed by atoms with Gasteiger partial charge in [-0.1, -0.05) is 19.1 Å². The summed E-state index contributed by atoms with van der Waals surface area (Å²) in [6, 6.07) is 0. The smallest absolute Gasteiger partial charge is 0.338 e. The number of hydrogen-bond donors (Lipinski definition) is 1. The average molecular weight is 531 g/mol. The van der Waals surface area contributed by atoms with Crippen molar-refractivity contribution in [2.45, 2.75) is 75.1 Å². The van der Waals surface area contributed by atoms with Crippen LogP contribution in [0, 0.1) is 10.8 Å². The van der Waals surface area contributed by atoms with Crippen molar-refractivity contribution in [3.63, 3.8) is 0 Å². The van der Waals surface area contributed by atoms with Crippen molar-refractivity contribution >= 4 is 23.9 Å². The second-order valence-electron chi connectivity index (χ2n) is 11.3. The van der Waals surface area contributed by atoms with E-state index in [1.807, 2.05) is 6.92 Å². The summed E-state index contributed by atoms with van der Waals surface area (Å²) in [4.78, 5) is 49.7. The number of epoxide rings is 2. The zero-order valence-corrected chi connectivity index (χ0v) is 21.2. The van der Waals surface area contributed by atoms with Gasteiger partial charge in [0.15, 0.2) is 6.10 Å². The van der Waals surface area contributed by atoms with Crippen molar-refractivity contribution in [2.24, 2.45) is 10.8 Å². The molecular formula is C27H30O11. The molecule has 0 amide bonds. The van der Waals surface area contributed by atoms with Gasteiger partial charge in [0.25, 0.3) is 0 Å². The Morgan fingerprint density at radius 1 is 1.00 bits per heavy atom. The number of aliphatic carboxylic acids is 1. The van der Waals surface area contributed by atoms with Gasteiger partial charge in [0.2, 0.25) is 0 Å². The van der Waals surface area contributed by atoms with Gasteiger partial charge in [-0.2, -0.15) is 0 Å². The van der Waals surface area contributed by atoms with Gasteiger partial charge in [0.05, 0.1) is 30.8 Å². The number of ether oxygens (including phenoxy) is 6. The van der Waals surface area contributed by atoms with Gasteiger partial charge in [-0.25, -0.2) is 19.2 Å². The lowest BCUT2D eigenvalue weighted by Crippen LogP contribution is -2.67. The van der Waals surface area contributed by atoms with Crippen LogP contribution in [0.1, 0.15) is 39.5 Å². The number of carboxylic acid groups (broad SMARTS) is 1. The number of carboxylic acids is 1. The summed E-state index contributed by atoms with van der Waals surface area (Å²) in [6.45, 7) is 4.06. The first-order valence-electron chi connectivity index (χ1n) is 12.8. The molecule has 2 aliphatic carbocycles. The Morgan fingerprint density at radius 2 is 1.74 bits per heavy atom. The maximum absolute atomic E-state index is 13.1. The average Bonchev–Trinajstić information content (AvgIpc) is 3.78. The van der Waals surface area contributed by atoms with E-state index >= 15 is 0 Å². The second kappa shape index (κ2) is 8.49. The van der Waals surface area contributed by atoms with E-state index in [4.69, 9.17) is 28.4 Å². The number of hydrogen-bond acceptors (Lipinski definition) is 10. The van der Waals surface area contributed by atoms with Gasteiger partial charge in [0, 0.05) is 36.0 Å². The summed E-state index contributed by atoms with van der Waals surface area (Å²) in [6.07, 6.45) is 5.45. The van der Waals surface area contributed by atoms with Gasteiger partial charge in [-0.05, 0) is 25.8 Å². The van der Waals surface area contributed by atoms with E-state index in [0.717, 1.165) is 0 Å². The maximum atomic E-state index is 13.1. The minimum absolute atomic E-state index is 0.0405. The zero-order chi connectivity index (χ0) is 26.9. The van der Waals surface area contributed by atoms with E-state index in [-0.39, 0.29) is 25.2 Å². The van der Waals surface area contributed by atoms with Crippen LogP contribution in [0.5, 0.6) is 0 Å². The molecule has 0 aromatic carbocycles. The fraction of sp³-hybridized carbons (Fsp3) is 0.630. The molecule has 0 aromatic heterocycles. The molecular weight excluding hydrogens is 500 g/mol. The van der Waals surface area contributed by atoms with E-state index in [9.17, 15) is 24.3 Å². The van der Waals surface area contributed by atoms with E-state index in [1.54, 1.807) is 13.0 Å². The van der Waals surface area contributed by atoms with Crippen LogP contribution in [0.2, 0.25) is 0 Å². The lowest BCUT2D eigenvalue weighted by atomic mass is 9.51. The highest BCUT2D eigenvalue weighted by Crippen LogP contribution is 2.72.